The van der Waals surface area contributed by atoms with E-state index in [-0.39, 0.29) is 6.04 Å². The van der Waals surface area contributed by atoms with Gasteiger partial charge in [-0.2, -0.15) is 0 Å². The van der Waals surface area contributed by atoms with Crippen molar-refractivity contribution in [1.29, 1.82) is 0 Å². The van der Waals surface area contributed by atoms with Crippen molar-refractivity contribution in [2.75, 3.05) is 0 Å². The number of amides is 1. The summed E-state index contributed by atoms with van der Waals surface area (Å²) in [4.78, 5) is 11.3. The number of hydrogen-bond donors (Lipinski definition) is 2. The Kier molecular flexibility index (Phi) is 3.58. The molecule has 1 fully saturated rings. The molecule has 1 atom stereocenters. The van der Waals surface area contributed by atoms with Crippen LogP contribution in [-0.4, -0.2) is 11.1 Å². The summed E-state index contributed by atoms with van der Waals surface area (Å²) < 4.78 is 5.42. The first-order chi connectivity index (χ1) is 11.6. The summed E-state index contributed by atoms with van der Waals surface area (Å²) in [7, 11) is 0. The van der Waals surface area contributed by atoms with Crippen LogP contribution in [0.4, 0.5) is 0 Å². The molecule has 0 bridgehead atoms. The van der Waals surface area contributed by atoms with E-state index in [0.717, 1.165) is 34.5 Å². The number of primary amides is 1. The second-order valence-electron chi connectivity index (χ2n) is 6.48. The number of fused-ring (bicyclic) bond motifs is 1. The number of nitrogens with zero attached hydrogens (tertiary/aromatic N) is 1. The fourth-order valence-electron chi connectivity index (χ4n) is 3.16. The largest absolute Gasteiger partial charge is 0.366 e. The minimum absolute atomic E-state index is 0.00894. The molecule has 4 rings (SSSR count). The van der Waals surface area contributed by atoms with Gasteiger partial charge < -0.3 is 16.0 Å². The van der Waals surface area contributed by atoms with Crippen LogP contribution in [0.1, 0.15) is 41.2 Å². The van der Waals surface area contributed by atoms with Crippen molar-refractivity contribution in [1.82, 2.24) is 5.16 Å². The predicted octanol–water partition coefficient (Wildman–Crippen LogP) is 3.39. The van der Waals surface area contributed by atoms with E-state index >= 15 is 0 Å². The van der Waals surface area contributed by atoms with Gasteiger partial charge in [0.1, 0.15) is 5.69 Å². The third kappa shape index (κ3) is 2.67. The Labute approximate surface area is 139 Å². The smallest absolute Gasteiger partial charge is 0.248 e. The van der Waals surface area contributed by atoms with E-state index in [2.05, 4.69) is 11.2 Å². The summed E-state index contributed by atoms with van der Waals surface area (Å²) in [6.45, 7) is 0. The van der Waals surface area contributed by atoms with Gasteiger partial charge in [0.2, 0.25) is 5.91 Å². The molecule has 122 valence electrons. The summed E-state index contributed by atoms with van der Waals surface area (Å²) in [6.07, 6.45) is 3.55. The van der Waals surface area contributed by atoms with Crippen LogP contribution in [0.3, 0.4) is 0 Å². The van der Waals surface area contributed by atoms with E-state index in [1.54, 1.807) is 12.1 Å². The van der Waals surface area contributed by atoms with Crippen LogP contribution in [-0.2, 0) is 0 Å². The zero-order valence-electron chi connectivity index (χ0n) is 13.2. The Bertz CT molecular complexity index is 912. The van der Waals surface area contributed by atoms with Crippen molar-refractivity contribution in [3.8, 4) is 11.3 Å². The average Bonchev–Trinajstić information content (AvgIpc) is 3.30. The van der Waals surface area contributed by atoms with Crippen molar-refractivity contribution >= 4 is 16.9 Å². The van der Waals surface area contributed by atoms with Crippen molar-refractivity contribution in [3.63, 3.8) is 0 Å². The lowest BCUT2D eigenvalue weighted by Gasteiger charge is -2.15. The summed E-state index contributed by atoms with van der Waals surface area (Å²) in [6, 6.07) is 13.2. The maximum Gasteiger partial charge on any atom is 0.248 e. The molecule has 3 aromatic rings. The molecular weight excluding hydrogens is 302 g/mol. The van der Waals surface area contributed by atoms with Gasteiger partial charge in [0, 0.05) is 22.6 Å². The number of hydrogen-bond acceptors (Lipinski definition) is 4. The molecule has 1 unspecified atom stereocenters. The first-order valence-electron chi connectivity index (χ1n) is 8.17. The van der Waals surface area contributed by atoms with E-state index < -0.39 is 5.91 Å². The molecule has 2 aromatic carbocycles. The van der Waals surface area contributed by atoms with Crippen LogP contribution in [0.25, 0.3) is 22.2 Å². The third-order valence-electron chi connectivity index (χ3n) is 4.66. The van der Waals surface area contributed by atoms with Gasteiger partial charge in [-0.3, -0.25) is 4.79 Å². The molecule has 5 heteroatoms. The molecule has 1 saturated carbocycles. The first kappa shape index (κ1) is 14.9. The van der Waals surface area contributed by atoms with Gasteiger partial charge in [0.05, 0.1) is 0 Å². The highest BCUT2D eigenvalue weighted by atomic mass is 16.5. The van der Waals surface area contributed by atoms with Gasteiger partial charge in [-0.05, 0) is 36.1 Å². The van der Waals surface area contributed by atoms with Crippen molar-refractivity contribution in [2.24, 2.45) is 17.4 Å². The van der Waals surface area contributed by atoms with E-state index in [1.807, 2.05) is 24.3 Å². The lowest BCUT2D eigenvalue weighted by molar-refractivity contribution is 0.100. The van der Waals surface area contributed by atoms with Crippen molar-refractivity contribution in [2.45, 2.75) is 25.3 Å². The standard InChI is InChI=1S/C19H19N3O2/c20-16(9-11-5-6-11)13-3-1-2-4-14(13)18-15-8-7-12(19(21)23)10-17(15)24-22-18/h1-4,7-8,10-11,16H,5-6,9,20H2,(H2,21,23). The maximum atomic E-state index is 11.3. The number of aromatic nitrogens is 1. The van der Waals surface area contributed by atoms with Crippen LogP contribution in [0.5, 0.6) is 0 Å². The minimum atomic E-state index is -0.485. The summed E-state index contributed by atoms with van der Waals surface area (Å²) in [5.74, 6) is 0.266. The topological polar surface area (TPSA) is 95.1 Å². The predicted molar refractivity (Wildman–Crippen MR) is 92.2 cm³/mol. The fraction of sp³-hybridized carbons (Fsp3) is 0.263. The molecular formula is C19H19N3O2. The molecule has 1 amide bonds. The number of nitrogens with two attached hydrogens (primary N) is 2. The Hall–Kier alpha value is -2.66. The highest BCUT2D eigenvalue weighted by Gasteiger charge is 2.26. The first-order valence-corrected chi connectivity index (χ1v) is 8.17. The molecule has 1 aliphatic rings. The molecule has 1 aliphatic carbocycles. The summed E-state index contributed by atoms with van der Waals surface area (Å²) >= 11 is 0. The second kappa shape index (κ2) is 5.76. The van der Waals surface area contributed by atoms with Crippen LogP contribution < -0.4 is 11.5 Å². The van der Waals surface area contributed by atoms with Gasteiger partial charge in [0.25, 0.3) is 0 Å². The van der Waals surface area contributed by atoms with Gasteiger partial charge in [-0.1, -0.05) is 42.3 Å². The molecule has 24 heavy (non-hydrogen) atoms. The monoisotopic (exact) mass is 321 g/mol. The molecule has 0 saturated heterocycles. The number of rotatable bonds is 5. The van der Waals surface area contributed by atoms with Crippen LogP contribution in [0.15, 0.2) is 47.0 Å². The lowest BCUT2D eigenvalue weighted by atomic mass is 9.94. The second-order valence-corrected chi connectivity index (χ2v) is 6.48. The third-order valence-corrected chi connectivity index (χ3v) is 4.66. The van der Waals surface area contributed by atoms with Crippen LogP contribution in [0, 0.1) is 5.92 Å². The number of carbonyl (C=O) groups is 1. The van der Waals surface area contributed by atoms with Gasteiger partial charge >= 0.3 is 0 Å². The van der Waals surface area contributed by atoms with Gasteiger partial charge in [-0.25, -0.2) is 0 Å². The SMILES string of the molecule is NC(=O)c1ccc2c(-c3ccccc3C(N)CC3CC3)noc2c1. The van der Waals surface area contributed by atoms with Crippen LogP contribution in [0.2, 0.25) is 0 Å². The normalized spacial score (nSPS) is 15.5. The zero-order chi connectivity index (χ0) is 16.7. The van der Waals surface area contributed by atoms with E-state index in [1.165, 1.54) is 12.8 Å². The lowest BCUT2D eigenvalue weighted by Crippen LogP contribution is -2.12. The Balaban J connectivity index is 1.78. The molecule has 1 heterocycles. The Morgan fingerprint density at radius 2 is 2.04 bits per heavy atom. The molecule has 5 nitrogen and oxygen atoms in total. The van der Waals surface area contributed by atoms with Crippen molar-refractivity contribution in [3.05, 3.63) is 53.6 Å². The minimum Gasteiger partial charge on any atom is -0.366 e. The number of carbonyl (C=O) groups excluding carboxylic acids is 1. The number of benzene rings is 2. The molecule has 4 N–H and O–H groups in total. The fourth-order valence-corrected chi connectivity index (χ4v) is 3.16. The maximum absolute atomic E-state index is 11.3. The summed E-state index contributed by atoms with van der Waals surface area (Å²) in [5.41, 5.74) is 15.5. The Morgan fingerprint density at radius 1 is 1.25 bits per heavy atom. The quantitative estimate of drug-likeness (QED) is 0.753. The Morgan fingerprint density at radius 3 is 2.79 bits per heavy atom. The molecule has 1 aromatic heterocycles. The molecule has 0 radical (unpaired) electrons. The van der Waals surface area contributed by atoms with E-state index in [9.17, 15) is 4.79 Å². The molecule has 0 aliphatic heterocycles. The highest BCUT2D eigenvalue weighted by molar-refractivity contribution is 5.99. The van der Waals surface area contributed by atoms with Gasteiger partial charge in [0.15, 0.2) is 5.58 Å². The molecule has 0 spiro atoms. The average molecular weight is 321 g/mol. The van der Waals surface area contributed by atoms with E-state index in [4.69, 9.17) is 16.0 Å². The van der Waals surface area contributed by atoms with Gasteiger partial charge in [-0.15, -0.1) is 0 Å². The van der Waals surface area contributed by atoms with Crippen LogP contribution >= 0.6 is 0 Å². The zero-order valence-corrected chi connectivity index (χ0v) is 13.2. The summed E-state index contributed by atoms with van der Waals surface area (Å²) in [5, 5.41) is 5.07. The van der Waals surface area contributed by atoms with E-state index in [0.29, 0.717) is 11.1 Å². The van der Waals surface area contributed by atoms with Crippen molar-refractivity contribution < 1.29 is 9.32 Å². The highest BCUT2D eigenvalue weighted by Crippen LogP contribution is 2.39.